The molecule has 1 N–H and O–H groups in total. The number of benzene rings is 2. The summed E-state index contributed by atoms with van der Waals surface area (Å²) in [6, 6.07) is 14.8. The van der Waals surface area contributed by atoms with Gasteiger partial charge in [0.1, 0.15) is 11.3 Å². The van der Waals surface area contributed by atoms with Gasteiger partial charge >= 0.3 is 0 Å². The minimum absolute atomic E-state index is 0.0837. The summed E-state index contributed by atoms with van der Waals surface area (Å²) < 4.78 is 5.78. The van der Waals surface area contributed by atoms with Crippen molar-refractivity contribution in [1.29, 1.82) is 0 Å². The van der Waals surface area contributed by atoms with Gasteiger partial charge in [0.15, 0.2) is 0 Å². The van der Waals surface area contributed by atoms with Gasteiger partial charge in [0.25, 0.3) is 11.8 Å². The van der Waals surface area contributed by atoms with Gasteiger partial charge in [-0.15, -0.1) is 0 Å². The number of rotatable bonds is 7. The molecule has 0 radical (unpaired) electrons. The van der Waals surface area contributed by atoms with Crippen LogP contribution in [0.1, 0.15) is 26.3 Å². The molecule has 0 atom stereocenters. The summed E-state index contributed by atoms with van der Waals surface area (Å²) >= 11 is 0. The van der Waals surface area contributed by atoms with Crippen LogP contribution in [0.2, 0.25) is 0 Å². The molecule has 1 fully saturated rings. The zero-order valence-corrected chi connectivity index (χ0v) is 16.4. The second-order valence-electron chi connectivity index (χ2n) is 6.30. The van der Waals surface area contributed by atoms with Crippen molar-refractivity contribution >= 4 is 29.3 Å². The predicted octanol–water partition coefficient (Wildman–Crippen LogP) is 3.39. The number of carbonyl (C=O) groups excluding carboxylic acids is 2. The van der Waals surface area contributed by atoms with Crippen LogP contribution in [-0.2, 0) is 9.59 Å². The highest BCUT2D eigenvalue weighted by atomic mass is 16.5. The smallest absolute Gasteiger partial charge is 0.282 e. The molecule has 1 heterocycles. The molecule has 0 bridgehead atoms. The van der Waals surface area contributed by atoms with E-state index in [1.165, 1.54) is 5.01 Å². The minimum Gasteiger partial charge on any atom is -0.493 e. The molecule has 2 amide bonds. The lowest BCUT2D eigenvalue weighted by molar-refractivity contribution is -0.117. The molecule has 6 heteroatoms. The van der Waals surface area contributed by atoms with Crippen LogP contribution in [0.4, 0.5) is 11.4 Å². The van der Waals surface area contributed by atoms with Gasteiger partial charge in [-0.25, -0.2) is 5.01 Å². The second kappa shape index (κ2) is 8.61. The van der Waals surface area contributed by atoms with E-state index in [1.807, 2.05) is 43.3 Å². The quantitative estimate of drug-likeness (QED) is 0.592. The predicted molar refractivity (Wildman–Crippen MR) is 111 cm³/mol. The highest BCUT2D eigenvalue weighted by Crippen LogP contribution is 2.29. The van der Waals surface area contributed by atoms with E-state index in [0.29, 0.717) is 23.6 Å². The number of carbonyl (C=O) groups is 2. The number of amides is 2. The molecular formula is C22H25N3O3. The van der Waals surface area contributed by atoms with Crippen LogP contribution in [0.5, 0.6) is 5.75 Å². The summed E-state index contributed by atoms with van der Waals surface area (Å²) in [6.45, 7) is 8.36. The van der Waals surface area contributed by atoms with Crippen molar-refractivity contribution in [2.45, 2.75) is 20.8 Å². The normalized spacial score (nSPS) is 15.1. The monoisotopic (exact) mass is 379 g/mol. The Morgan fingerprint density at radius 2 is 1.75 bits per heavy atom. The summed E-state index contributed by atoms with van der Waals surface area (Å²) in [6.07, 6.45) is 1.59. The van der Waals surface area contributed by atoms with Crippen LogP contribution >= 0.6 is 0 Å². The number of nitrogens with zero attached hydrogens (tertiary/aromatic N) is 2. The van der Waals surface area contributed by atoms with Crippen LogP contribution in [0.15, 0.2) is 54.1 Å². The van der Waals surface area contributed by atoms with E-state index in [-0.39, 0.29) is 11.5 Å². The first-order valence-electron chi connectivity index (χ1n) is 9.53. The van der Waals surface area contributed by atoms with E-state index in [9.17, 15) is 9.59 Å². The number of nitrogens with one attached hydrogen (secondary N) is 1. The third kappa shape index (κ3) is 3.86. The zero-order valence-electron chi connectivity index (χ0n) is 16.4. The van der Waals surface area contributed by atoms with E-state index in [2.05, 4.69) is 24.2 Å². The summed E-state index contributed by atoms with van der Waals surface area (Å²) in [7, 11) is 0. The Bertz CT molecular complexity index is 889. The Morgan fingerprint density at radius 1 is 1.04 bits per heavy atom. The Hall–Kier alpha value is -3.28. The molecule has 2 aromatic rings. The second-order valence-corrected chi connectivity index (χ2v) is 6.30. The highest BCUT2D eigenvalue weighted by Gasteiger charge is 2.34. The van der Waals surface area contributed by atoms with Crippen LogP contribution < -0.4 is 20.1 Å². The summed E-state index contributed by atoms with van der Waals surface area (Å²) in [5, 5.41) is 1.26. The average Bonchev–Trinajstić information content (AvgIpc) is 2.99. The third-order valence-electron chi connectivity index (χ3n) is 4.63. The van der Waals surface area contributed by atoms with Gasteiger partial charge in [-0.2, -0.15) is 0 Å². The van der Waals surface area contributed by atoms with Gasteiger partial charge in [0, 0.05) is 30.4 Å². The maximum Gasteiger partial charge on any atom is 0.282 e. The summed E-state index contributed by atoms with van der Waals surface area (Å²) in [4.78, 5) is 27.4. The number of hydrogen-bond donors (Lipinski definition) is 1. The SMILES string of the molecule is CCOc1cc(N(CC)CC)ccc1C=C1C(=O)NN(c2ccccc2)C1=O. The molecule has 6 nitrogen and oxygen atoms in total. The van der Waals surface area contributed by atoms with Crippen LogP contribution in [0, 0.1) is 0 Å². The lowest BCUT2D eigenvalue weighted by Crippen LogP contribution is -2.35. The van der Waals surface area contributed by atoms with Crippen LogP contribution in [-0.4, -0.2) is 31.5 Å². The fourth-order valence-electron chi connectivity index (χ4n) is 3.18. The maximum atomic E-state index is 12.8. The van der Waals surface area contributed by atoms with Gasteiger partial charge in [-0.3, -0.25) is 15.0 Å². The third-order valence-corrected chi connectivity index (χ3v) is 4.63. The molecule has 0 aliphatic carbocycles. The van der Waals surface area contributed by atoms with Gasteiger partial charge < -0.3 is 9.64 Å². The fraction of sp³-hybridized carbons (Fsp3) is 0.273. The zero-order chi connectivity index (χ0) is 20.1. The fourth-order valence-corrected chi connectivity index (χ4v) is 3.18. The molecule has 1 saturated heterocycles. The van der Waals surface area contributed by atoms with E-state index in [1.54, 1.807) is 18.2 Å². The molecule has 1 aliphatic rings. The Morgan fingerprint density at radius 3 is 2.39 bits per heavy atom. The average molecular weight is 379 g/mol. The lowest BCUT2D eigenvalue weighted by Gasteiger charge is -2.22. The van der Waals surface area contributed by atoms with Gasteiger partial charge in [0.05, 0.1) is 12.3 Å². The molecule has 28 heavy (non-hydrogen) atoms. The first kappa shape index (κ1) is 19.5. The molecule has 146 valence electrons. The molecule has 3 rings (SSSR count). The molecule has 2 aromatic carbocycles. The Kier molecular flexibility index (Phi) is 5.99. The molecule has 0 spiro atoms. The number of hydrazine groups is 1. The molecule has 0 unspecified atom stereocenters. The molecule has 1 aliphatic heterocycles. The lowest BCUT2D eigenvalue weighted by atomic mass is 10.1. The van der Waals surface area contributed by atoms with Crippen molar-refractivity contribution in [3.8, 4) is 5.75 Å². The number of ether oxygens (including phenoxy) is 1. The molecular weight excluding hydrogens is 354 g/mol. The molecule has 0 aromatic heterocycles. The number of hydrogen-bond acceptors (Lipinski definition) is 4. The number of anilines is 2. The Balaban J connectivity index is 1.95. The minimum atomic E-state index is -0.427. The largest absolute Gasteiger partial charge is 0.493 e. The van der Waals surface area contributed by atoms with Crippen molar-refractivity contribution < 1.29 is 14.3 Å². The van der Waals surface area contributed by atoms with Crippen molar-refractivity contribution in [2.75, 3.05) is 29.6 Å². The standard InChI is InChI=1S/C22H25N3O3/c1-4-24(5-2)18-13-12-16(20(15-18)28-6-3)14-19-21(26)23-25(22(19)27)17-10-8-7-9-11-17/h7-15H,4-6H2,1-3H3,(H,23,26). The van der Waals surface area contributed by atoms with E-state index in [0.717, 1.165) is 18.8 Å². The maximum absolute atomic E-state index is 12.8. The topological polar surface area (TPSA) is 61.9 Å². The van der Waals surface area contributed by atoms with Gasteiger partial charge in [-0.05, 0) is 51.1 Å². The highest BCUT2D eigenvalue weighted by molar-refractivity contribution is 6.31. The van der Waals surface area contributed by atoms with Crippen LogP contribution in [0.25, 0.3) is 6.08 Å². The first-order chi connectivity index (χ1) is 13.6. The summed E-state index contributed by atoms with van der Waals surface area (Å²) in [5.74, 6) is -0.159. The molecule has 0 saturated carbocycles. The van der Waals surface area contributed by atoms with E-state index < -0.39 is 5.91 Å². The number of para-hydroxylation sites is 1. The van der Waals surface area contributed by atoms with Gasteiger partial charge in [0.2, 0.25) is 0 Å². The summed E-state index contributed by atoms with van der Waals surface area (Å²) in [5.41, 5.74) is 5.06. The van der Waals surface area contributed by atoms with Gasteiger partial charge in [-0.1, -0.05) is 18.2 Å². The van der Waals surface area contributed by atoms with Crippen molar-refractivity contribution in [3.05, 3.63) is 59.7 Å². The van der Waals surface area contributed by atoms with Crippen LogP contribution in [0.3, 0.4) is 0 Å². The van der Waals surface area contributed by atoms with Crippen molar-refractivity contribution in [2.24, 2.45) is 0 Å². The van der Waals surface area contributed by atoms with Crippen molar-refractivity contribution in [1.82, 2.24) is 5.43 Å². The van der Waals surface area contributed by atoms with E-state index in [4.69, 9.17) is 4.74 Å². The first-order valence-corrected chi connectivity index (χ1v) is 9.53. The van der Waals surface area contributed by atoms with Crippen molar-refractivity contribution in [3.63, 3.8) is 0 Å². The van der Waals surface area contributed by atoms with E-state index >= 15 is 0 Å². The Labute approximate surface area is 165 Å².